The van der Waals surface area contributed by atoms with E-state index >= 15 is 0 Å². The summed E-state index contributed by atoms with van der Waals surface area (Å²) in [6, 6.07) is 42.0. The van der Waals surface area contributed by atoms with Gasteiger partial charge in [-0.15, -0.1) is 6.58 Å². The number of aliphatic hydroxyl groups excluding tert-OH is 2. The number of benzene rings is 6. The van der Waals surface area contributed by atoms with Gasteiger partial charge in [0.2, 0.25) is 0 Å². The van der Waals surface area contributed by atoms with Crippen molar-refractivity contribution in [3.63, 3.8) is 0 Å². The van der Waals surface area contributed by atoms with E-state index in [9.17, 15) is 15.0 Å². The van der Waals surface area contributed by atoms with Crippen molar-refractivity contribution in [1.29, 1.82) is 0 Å². The van der Waals surface area contributed by atoms with E-state index in [1.807, 2.05) is 24.3 Å². The Hall–Kier alpha value is -5.73. The van der Waals surface area contributed by atoms with Crippen LogP contribution in [0.3, 0.4) is 0 Å². The summed E-state index contributed by atoms with van der Waals surface area (Å²) in [7, 11) is 0. The molecule has 6 aromatic rings. The molecule has 2 unspecified atom stereocenters. The van der Waals surface area contributed by atoms with E-state index in [1.165, 1.54) is 22.3 Å². The van der Waals surface area contributed by atoms with Crippen molar-refractivity contribution < 1.29 is 34.0 Å². The van der Waals surface area contributed by atoms with Gasteiger partial charge in [0.25, 0.3) is 0 Å². The van der Waals surface area contributed by atoms with Crippen molar-refractivity contribution in [1.82, 2.24) is 0 Å². The largest absolute Gasteiger partial charge is 0.491 e. The summed E-state index contributed by atoms with van der Waals surface area (Å²) in [6.07, 6.45) is 0.927. The van der Waals surface area contributed by atoms with Crippen LogP contribution in [0.4, 0.5) is 0 Å². The summed E-state index contributed by atoms with van der Waals surface area (Å²) in [5.74, 6) is 0.607. The third-order valence-corrected chi connectivity index (χ3v) is 9.49. The van der Waals surface area contributed by atoms with E-state index in [-0.39, 0.29) is 26.4 Å². The van der Waals surface area contributed by atoms with Gasteiger partial charge in [0.05, 0.1) is 18.6 Å². The Morgan fingerprint density at radius 3 is 1.58 bits per heavy atom. The molecule has 0 spiro atoms. The summed E-state index contributed by atoms with van der Waals surface area (Å²) in [4.78, 5) is 11.4. The minimum absolute atomic E-state index is 0.0492. The van der Waals surface area contributed by atoms with Crippen molar-refractivity contribution in [2.75, 3.05) is 33.0 Å². The number of hydrogen-bond acceptors (Lipinski definition) is 7. The van der Waals surface area contributed by atoms with Gasteiger partial charge in [-0.3, -0.25) is 0 Å². The molecular weight excluding hydrogens is 652 g/mol. The lowest BCUT2D eigenvalue weighted by Gasteiger charge is -2.35. The molecule has 52 heavy (non-hydrogen) atoms. The Morgan fingerprint density at radius 1 is 0.615 bits per heavy atom. The number of fused-ring (bicyclic) bond motifs is 7. The standard InChI is InChI=1S/C45H40O7/c1-3-25-49-26-34(46)27-50-36-19-15-32(16-20-36)45(33-17-21-37(22-18-33)51-28-35(47)29-52-42(48)4-2)43-38-11-7-5-9-30(38)13-23-40(43)41-24-14-31-10-6-8-12-39(31)44(41)45/h3-24,34-35,46-47H,1-2,25-29H2. The highest BCUT2D eigenvalue weighted by molar-refractivity contribution is 6.06. The zero-order chi connectivity index (χ0) is 36.1. The minimum Gasteiger partial charge on any atom is -0.491 e. The number of rotatable bonds is 15. The Bertz CT molecular complexity index is 2140. The zero-order valence-corrected chi connectivity index (χ0v) is 28.7. The van der Waals surface area contributed by atoms with Gasteiger partial charge in [0.15, 0.2) is 0 Å². The normalized spacial score (nSPS) is 13.9. The minimum atomic E-state index is -0.997. The second-order valence-electron chi connectivity index (χ2n) is 12.8. The molecule has 1 aliphatic carbocycles. The lowest BCUT2D eigenvalue weighted by atomic mass is 9.66. The smallest absolute Gasteiger partial charge is 0.330 e. The second-order valence-corrected chi connectivity index (χ2v) is 12.8. The van der Waals surface area contributed by atoms with Gasteiger partial charge in [0, 0.05) is 6.08 Å². The summed E-state index contributed by atoms with van der Waals surface area (Å²) in [5.41, 5.74) is 6.05. The van der Waals surface area contributed by atoms with Crippen LogP contribution in [0.5, 0.6) is 11.5 Å². The average Bonchev–Trinajstić information content (AvgIpc) is 3.51. The van der Waals surface area contributed by atoms with Crippen LogP contribution in [-0.4, -0.2) is 61.4 Å². The first-order valence-corrected chi connectivity index (χ1v) is 17.3. The SMILES string of the molecule is C=CCOCC(O)COc1ccc(C2(c3ccc(OCC(O)COC(=O)C=C)cc3)c3c(ccc4ccccc34)-c3ccc4ccccc4c32)cc1. The zero-order valence-electron chi connectivity index (χ0n) is 28.7. The Kier molecular flexibility index (Phi) is 10.2. The lowest BCUT2D eigenvalue weighted by Crippen LogP contribution is -2.29. The Morgan fingerprint density at radius 2 is 1.10 bits per heavy atom. The fraction of sp³-hybridized carbons (Fsp3) is 0.178. The van der Waals surface area contributed by atoms with Gasteiger partial charge in [-0.05, 0) is 79.2 Å². The monoisotopic (exact) mass is 692 g/mol. The number of carbonyl (C=O) groups excluding carboxylic acids is 1. The van der Waals surface area contributed by atoms with Crippen LogP contribution in [0.15, 0.2) is 147 Å². The van der Waals surface area contributed by atoms with E-state index in [0.717, 1.165) is 38.7 Å². The molecular formula is C45H40O7. The van der Waals surface area contributed by atoms with E-state index in [0.29, 0.717) is 18.1 Å². The van der Waals surface area contributed by atoms with E-state index < -0.39 is 23.6 Å². The highest BCUT2D eigenvalue weighted by atomic mass is 16.5. The maximum Gasteiger partial charge on any atom is 0.330 e. The molecule has 0 saturated heterocycles. The summed E-state index contributed by atoms with van der Waals surface area (Å²) < 4.78 is 22.3. The molecule has 0 heterocycles. The predicted octanol–water partition coefficient (Wildman–Crippen LogP) is 7.77. The maximum absolute atomic E-state index is 11.4. The first-order valence-electron chi connectivity index (χ1n) is 17.3. The number of aliphatic hydroxyl groups is 2. The summed E-state index contributed by atoms with van der Waals surface area (Å²) in [6.45, 7) is 7.40. The fourth-order valence-electron chi connectivity index (χ4n) is 7.28. The summed E-state index contributed by atoms with van der Waals surface area (Å²) in [5, 5.41) is 25.3. The molecule has 0 radical (unpaired) electrons. The third kappa shape index (κ3) is 6.58. The molecule has 262 valence electrons. The van der Waals surface area contributed by atoms with Gasteiger partial charge in [-0.1, -0.05) is 110 Å². The highest BCUT2D eigenvalue weighted by Crippen LogP contribution is 2.60. The predicted molar refractivity (Wildman–Crippen MR) is 204 cm³/mol. The Balaban J connectivity index is 1.35. The molecule has 2 N–H and O–H groups in total. The molecule has 7 nitrogen and oxygen atoms in total. The molecule has 0 fully saturated rings. The van der Waals surface area contributed by atoms with E-state index in [2.05, 4.69) is 110 Å². The lowest BCUT2D eigenvalue weighted by molar-refractivity contribution is -0.141. The first-order chi connectivity index (χ1) is 25.4. The average molecular weight is 693 g/mol. The van der Waals surface area contributed by atoms with Crippen LogP contribution in [-0.2, 0) is 19.7 Å². The maximum atomic E-state index is 11.4. The van der Waals surface area contributed by atoms with Crippen molar-refractivity contribution >= 4 is 27.5 Å². The van der Waals surface area contributed by atoms with Gasteiger partial charge in [-0.25, -0.2) is 4.79 Å². The van der Waals surface area contributed by atoms with Gasteiger partial charge in [-0.2, -0.15) is 0 Å². The molecule has 2 atom stereocenters. The van der Waals surface area contributed by atoms with Crippen molar-refractivity contribution in [2.45, 2.75) is 17.6 Å². The fourth-order valence-corrected chi connectivity index (χ4v) is 7.28. The summed E-state index contributed by atoms with van der Waals surface area (Å²) >= 11 is 0. The van der Waals surface area contributed by atoms with Gasteiger partial charge in [0.1, 0.15) is 43.5 Å². The molecule has 7 rings (SSSR count). The molecule has 0 aromatic heterocycles. The molecule has 7 heteroatoms. The number of carbonyl (C=O) groups is 1. The van der Waals surface area contributed by atoms with Crippen LogP contribution in [0.25, 0.3) is 32.7 Å². The van der Waals surface area contributed by atoms with Gasteiger partial charge < -0.3 is 29.2 Å². The van der Waals surface area contributed by atoms with E-state index in [1.54, 1.807) is 6.08 Å². The second kappa shape index (κ2) is 15.3. The third-order valence-electron chi connectivity index (χ3n) is 9.49. The molecule has 0 aliphatic heterocycles. The van der Waals surface area contributed by atoms with Crippen LogP contribution < -0.4 is 9.47 Å². The Labute approximate surface area is 303 Å². The van der Waals surface area contributed by atoms with Crippen molar-refractivity contribution in [2.24, 2.45) is 0 Å². The van der Waals surface area contributed by atoms with E-state index in [4.69, 9.17) is 18.9 Å². The first kappa shape index (κ1) is 34.7. The topological polar surface area (TPSA) is 94.5 Å². The molecule has 6 aromatic carbocycles. The van der Waals surface area contributed by atoms with Crippen molar-refractivity contribution in [3.8, 4) is 22.6 Å². The molecule has 1 aliphatic rings. The van der Waals surface area contributed by atoms with Crippen LogP contribution in [0.2, 0.25) is 0 Å². The number of esters is 1. The highest BCUT2D eigenvalue weighted by Gasteiger charge is 2.48. The van der Waals surface area contributed by atoms with Gasteiger partial charge >= 0.3 is 5.97 Å². The van der Waals surface area contributed by atoms with Crippen LogP contribution >= 0.6 is 0 Å². The molecule has 0 bridgehead atoms. The van der Waals surface area contributed by atoms with Crippen LogP contribution in [0, 0.1) is 0 Å². The quantitative estimate of drug-likeness (QED) is 0.0491. The number of ether oxygens (including phenoxy) is 4. The van der Waals surface area contributed by atoms with Crippen molar-refractivity contribution in [3.05, 3.63) is 169 Å². The molecule has 0 saturated carbocycles. The molecule has 0 amide bonds. The number of hydrogen-bond donors (Lipinski definition) is 2. The van der Waals surface area contributed by atoms with Crippen LogP contribution in [0.1, 0.15) is 22.3 Å².